The monoisotopic (exact) mass is 632 g/mol. The maximum Gasteiger partial charge on any atom is 0.417 e. The Labute approximate surface area is 259 Å². The standard InChI is InChI=1S/C34H38F6N4O/c1-3-43-19-16-31(17-20-43,25-12-8-5-9-13-25)32(29(41)45,26-14-15-27(33(35,36)37)28(22-26)34(38,39)40)44-21-18-42-23-30(44,2)24-10-6-4-7-11-24/h4-15,22,42H,3,16-21,23H2,1-2H3,(H2,41,45). The first-order valence-corrected chi connectivity index (χ1v) is 15.1. The summed E-state index contributed by atoms with van der Waals surface area (Å²) >= 11 is 0. The van der Waals surface area contributed by atoms with Crippen molar-refractivity contribution >= 4 is 5.91 Å². The van der Waals surface area contributed by atoms with E-state index in [4.69, 9.17) is 5.73 Å². The van der Waals surface area contributed by atoms with Crippen molar-refractivity contribution in [3.8, 4) is 0 Å². The lowest BCUT2D eigenvalue weighted by atomic mass is 9.55. The predicted octanol–water partition coefficient (Wildman–Crippen LogP) is 6.28. The fourth-order valence-electron chi connectivity index (χ4n) is 7.78. The number of benzene rings is 3. The smallest absolute Gasteiger partial charge is 0.368 e. The van der Waals surface area contributed by atoms with Crippen LogP contribution in [0.2, 0.25) is 0 Å². The Kier molecular flexibility index (Phi) is 8.85. The van der Waals surface area contributed by atoms with Crippen LogP contribution >= 0.6 is 0 Å². The lowest BCUT2D eigenvalue weighted by molar-refractivity contribution is -0.163. The van der Waals surface area contributed by atoms with Crippen molar-refractivity contribution in [3.63, 3.8) is 0 Å². The van der Waals surface area contributed by atoms with E-state index in [2.05, 4.69) is 10.2 Å². The number of carbonyl (C=O) groups is 1. The number of hydrogen-bond acceptors (Lipinski definition) is 4. The molecule has 0 saturated carbocycles. The fraction of sp³-hybridized carbons (Fsp3) is 0.441. The van der Waals surface area contributed by atoms with Crippen LogP contribution in [0.4, 0.5) is 26.3 Å². The normalized spacial score (nSPS) is 22.9. The largest absolute Gasteiger partial charge is 0.417 e. The van der Waals surface area contributed by atoms with E-state index in [1.165, 1.54) is 0 Å². The maximum atomic E-state index is 14.6. The van der Waals surface area contributed by atoms with Crippen LogP contribution in [0, 0.1) is 0 Å². The van der Waals surface area contributed by atoms with Gasteiger partial charge in [0.2, 0.25) is 5.91 Å². The summed E-state index contributed by atoms with van der Waals surface area (Å²) in [5.41, 5.74) is -0.00552. The topological polar surface area (TPSA) is 61.6 Å². The number of alkyl halides is 6. The van der Waals surface area contributed by atoms with Gasteiger partial charge in [-0.3, -0.25) is 9.69 Å². The second-order valence-corrected chi connectivity index (χ2v) is 12.2. The number of nitrogens with one attached hydrogen (secondary N) is 1. The van der Waals surface area contributed by atoms with Crippen LogP contribution < -0.4 is 11.1 Å². The Morgan fingerprint density at radius 3 is 1.89 bits per heavy atom. The first kappa shape index (κ1) is 33.0. The number of hydrogen-bond donors (Lipinski definition) is 2. The number of piperidine rings is 1. The summed E-state index contributed by atoms with van der Waals surface area (Å²) in [6.45, 7) is 6.57. The van der Waals surface area contributed by atoms with E-state index in [1.54, 1.807) is 12.1 Å². The van der Waals surface area contributed by atoms with E-state index in [0.29, 0.717) is 56.7 Å². The number of amides is 1. The van der Waals surface area contributed by atoms with Gasteiger partial charge in [-0.25, -0.2) is 0 Å². The fourth-order valence-corrected chi connectivity index (χ4v) is 7.78. The van der Waals surface area contributed by atoms with Crippen LogP contribution in [0.25, 0.3) is 0 Å². The predicted molar refractivity (Wildman–Crippen MR) is 160 cm³/mol. The lowest BCUT2D eigenvalue weighted by Gasteiger charge is -2.63. The summed E-state index contributed by atoms with van der Waals surface area (Å²) < 4.78 is 85.6. The molecular weight excluding hydrogens is 594 g/mol. The summed E-state index contributed by atoms with van der Waals surface area (Å²) in [4.78, 5) is 18.6. The molecule has 2 atom stereocenters. The molecule has 3 aromatic carbocycles. The molecular formula is C34H38F6N4O. The molecule has 0 spiro atoms. The van der Waals surface area contributed by atoms with E-state index in [1.807, 2.05) is 67.3 Å². The quantitative estimate of drug-likeness (QED) is 0.301. The zero-order valence-electron chi connectivity index (χ0n) is 25.3. The molecule has 5 rings (SSSR count). The third-order valence-corrected chi connectivity index (χ3v) is 9.96. The van der Waals surface area contributed by atoms with Crippen molar-refractivity contribution in [2.24, 2.45) is 5.73 Å². The Morgan fingerprint density at radius 2 is 1.38 bits per heavy atom. The number of piperazine rings is 1. The number of nitrogens with two attached hydrogens (primary N) is 1. The molecule has 0 radical (unpaired) electrons. The van der Waals surface area contributed by atoms with Crippen molar-refractivity contribution in [3.05, 3.63) is 107 Å². The van der Waals surface area contributed by atoms with Gasteiger partial charge in [-0.05, 0) is 68.2 Å². The molecule has 2 unspecified atom stereocenters. The molecule has 2 aliphatic heterocycles. The van der Waals surface area contributed by atoms with Gasteiger partial charge < -0.3 is 16.0 Å². The van der Waals surface area contributed by atoms with Gasteiger partial charge in [-0.15, -0.1) is 0 Å². The average Bonchev–Trinajstić information content (AvgIpc) is 3.02. The third-order valence-electron chi connectivity index (χ3n) is 9.96. The highest BCUT2D eigenvalue weighted by atomic mass is 19.4. The van der Waals surface area contributed by atoms with E-state index >= 15 is 0 Å². The van der Waals surface area contributed by atoms with Crippen molar-refractivity contribution < 1.29 is 31.1 Å². The molecule has 3 aromatic rings. The van der Waals surface area contributed by atoms with Crippen LogP contribution in [0.1, 0.15) is 54.5 Å². The van der Waals surface area contributed by atoms with Crippen molar-refractivity contribution in [2.45, 2.75) is 55.5 Å². The molecule has 45 heavy (non-hydrogen) atoms. The minimum Gasteiger partial charge on any atom is -0.368 e. The van der Waals surface area contributed by atoms with E-state index in [0.717, 1.165) is 18.2 Å². The van der Waals surface area contributed by atoms with Crippen LogP contribution in [0.15, 0.2) is 78.9 Å². The lowest BCUT2D eigenvalue weighted by Crippen LogP contribution is -2.75. The molecule has 5 nitrogen and oxygen atoms in total. The van der Waals surface area contributed by atoms with Gasteiger partial charge in [-0.2, -0.15) is 26.3 Å². The van der Waals surface area contributed by atoms with Crippen molar-refractivity contribution in [1.82, 2.24) is 15.1 Å². The Balaban J connectivity index is 1.93. The van der Waals surface area contributed by atoms with Gasteiger partial charge in [0.25, 0.3) is 0 Å². The molecule has 2 saturated heterocycles. The van der Waals surface area contributed by atoms with Gasteiger partial charge in [0.15, 0.2) is 0 Å². The molecule has 11 heteroatoms. The number of primary amides is 1. The summed E-state index contributed by atoms with van der Waals surface area (Å²) in [7, 11) is 0. The Hall–Kier alpha value is -3.41. The van der Waals surface area contributed by atoms with Crippen LogP contribution in [-0.4, -0.2) is 55.0 Å². The van der Waals surface area contributed by atoms with Crippen LogP contribution in [-0.2, 0) is 33.6 Å². The third kappa shape index (κ3) is 5.53. The van der Waals surface area contributed by atoms with Gasteiger partial charge in [0.1, 0.15) is 5.54 Å². The second-order valence-electron chi connectivity index (χ2n) is 12.2. The summed E-state index contributed by atoms with van der Waals surface area (Å²) in [6, 6.07) is 20.4. The molecule has 0 bridgehead atoms. The van der Waals surface area contributed by atoms with Gasteiger partial charge in [-0.1, -0.05) is 73.7 Å². The van der Waals surface area contributed by atoms with E-state index in [9.17, 15) is 31.1 Å². The molecule has 0 aromatic heterocycles. The first-order valence-electron chi connectivity index (χ1n) is 15.1. The highest BCUT2D eigenvalue weighted by Gasteiger charge is 2.65. The van der Waals surface area contributed by atoms with Gasteiger partial charge >= 0.3 is 12.4 Å². The molecule has 2 fully saturated rings. The highest BCUT2D eigenvalue weighted by molar-refractivity contribution is 5.89. The highest BCUT2D eigenvalue weighted by Crippen LogP contribution is 2.57. The van der Waals surface area contributed by atoms with Gasteiger partial charge in [0.05, 0.1) is 16.7 Å². The van der Waals surface area contributed by atoms with Gasteiger partial charge in [0, 0.05) is 25.0 Å². The van der Waals surface area contributed by atoms with E-state index in [-0.39, 0.29) is 12.1 Å². The zero-order chi connectivity index (χ0) is 32.7. The number of likely N-dealkylation sites (tertiary alicyclic amines) is 1. The number of nitrogens with zero attached hydrogens (tertiary/aromatic N) is 2. The Morgan fingerprint density at radius 1 is 0.822 bits per heavy atom. The molecule has 3 N–H and O–H groups in total. The number of halogens is 6. The summed E-state index contributed by atoms with van der Waals surface area (Å²) in [5.74, 6) is -0.909. The average molecular weight is 633 g/mol. The van der Waals surface area contributed by atoms with E-state index < -0.39 is 45.9 Å². The molecule has 0 aliphatic carbocycles. The molecule has 2 heterocycles. The molecule has 242 valence electrons. The number of carbonyl (C=O) groups excluding carboxylic acids is 1. The number of rotatable bonds is 7. The second kappa shape index (κ2) is 12.1. The zero-order valence-corrected chi connectivity index (χ0v) is 25.3. The maximum absolute atomic E-state index is 14.6. The molecule has 1 amide bonds. The Bertz CT molecular complexity index is 1490. The summed E-state index contributed by atoms with van der Waals surface area (Å²) in [6.07, 6.45) is -9.94. The van der Waals surface area contributed by atoms with Crippen LogP contribution in [0.3, 0.4) is 0 Å². The van der Waals surface area contributed by atoms with Crippen LogP contribution in [0.5, 0.6) is 0 Å². The first-order chi connectivity index (χ1) is 21.2. The minimum absolute atomic E-state index is 0.197. The minimum atomic E-state index is -5.35. The van der Waals surface area contributed by atoms with Crippen molar-refractivity contribution in [1.29, 1.82) is 0 Å². The van der Waals surface area contributed by atoms with Crippen molar-refractivity contribution in [2.75, 3.05) is 39.3 Å². The summed E-state index contributed by atoms with van der Waals surface area (Å²) in [5, 5.41) is 3.37. The molecule has 2 aliphatic rings. The SMILES string of the molecule is CCN1CCC(c2ccccc2)(C(C(N)=O)(c2ccc(C(F)(F)F)c(C(F)(F)F)c2)N2CCNCC2(C)c2ccccc2)CC1.